The van der Waals surface area contributed by atoms with Gasteiger partial charge in [-0.1, -0.05) is 27.9 Å². The number of urea groups is 1. The average molecular weight is 495 g/mol. The van der Waals surface area contributed by atoms with Gasteiger partial charge in [-0.15, -0.1) is 4.99 Å². The van der Waals surface area contributed by atoms with Crippen LogP contribution in [0.25, 0.3) is 0 Å². The smallest absolute Gasteiger partial charge is 0.453 e. The highest BCUT2D eigenvalue weighted by atomic mass is 16.6. The fourth-order valence-corrected chi connectivity index (χ4v) is 4.39. The van der Waals surface area contributed by atoms with Crippen molar-refractivity contribution < 1.29 is 53.9 Å². The zero-order valence-corrected chi connectivity index (χ0v) is 18.6. The van der Waals surface area contributed by atoms with Gasteiger partial charge in [0, 0.05) is 0 Å². The van der Waals surface area contributed by atoms with Crippen molar-refractivity contribution >= 4 is 23.5 Å². The Bertz CT molecular complexity index is 1040. The molecule has 3 heterocycles. The van der Waals surface area contributed by atoms with Crippen molar-refractivity contribution in [3.8, 4) is 0 Å². The third-order valence-corrected chi connectivity index (χ3v) is 6.24. The van der Waals surface area contributed by atoms with Gasteiger partial charge in [0.1, 0.15) is 24.0 Å². The summed E-state index contributed by atoms with van der Waals surface area (Å²) < 4.78 is 15.4. The number of ether oxygens (including phenoxy) is 3. The summed E-state index contributed by atoms with van der Waals surface area (Å²) in [5.41, 5.74) is 5.94. The van der Waals surface area contributed by atoms with Gasteiger partial charge in [-0.2, -0.15) is 0 Å². The van der Waals surface area contributed by atoms with Gasteiger partial charge in [-0.3, -0.25) is 0 Å². The predicted octanol–water partition coefficient (Wildman–Crippen LogP) is -2.59. The Hall–Kier alpha value is -2.82. The molecule has 2 fully saturated rings. The molecule has 35 heavy (non-hydrogen) atoms. The van der Waals surface area contributed by atoms with E-state index in [4.69, 9.17) is 19.9 Å². The first-order valence-corrected chi connectivity index (χ1v) is 10.8. The lowest BCUT2D eigenvalue weighted by molar-refractivity contribution is -0.952. The Morgan fingerprint density at radius 1 is 1.03 bits per heavy atom. The summed E-state index contributed by atoms with van der Waals surface area (Å²) in [6.45, 7) is 0.0115. The molecule has 0 spiro atoms. The Kier molecular flexibility index (Phi) is 6.99. The van der Waals surface area contributed by atoms with E-state index in [-0.39, 0.29) is 17.1 Å². The number of quaternary nitrogens is 1. The molecule has 1 aromatic carbocycles. The van der Waals surface area contributed by atoms with Crippen molar-refractivity contribution in [1.82, 2.24) is 0 Å². The minimum atomic E-state index is -1.77. The number of hydrogen-bond acceptors (Lipinski definition) is 12. The van der Waals surface area contributed by atoms with Crippen LogP contribution in [0.1, 0.15) is 17.3 Å². The van der Waals surface area contributed by atoms with Crippen LogP contribution < -0.4 is 5.73 Å². The quantitative estimate of drug-likeness (QED) is 0.178. The van der Waals surface area contributed by atoms with Gasteiger partial charge in [0.05, 0.1) is 18.8 Å². The summed E-state index contributed by atoms with van der Waals surface area (Å²) in [5.74, 6) is -1.04. The molecule has 0 aromatic heterocycles. The van der Waals surface area contributed by atoms with Gasteiger partial charge in [-0.25, -0.2) is 9.59 Å². The SMILES string of the molecule is CC1=N[N+]([C@@H]2O[C@H](CO)[C@@H](O)[C@H]2O)([C@@H]2O[C@H](CO)[C@@H](OC(=O)c3ccccc3)[C@@H]2O)C(=O)N=C1N. The Balaban J connectivity index is 1.73. The number of hydrogen-bond donors (Lipinski definition) is 6. The monoisotopic (exact) mass is 495 g/mol. The molecule has 0 aliphatic carbocycles. The lowest BCUT2D eigenvalue weighted by Crippen LogP contribution is -2.68. The van der Waals surface area contributed by atoms with E-state index in [1.165, 1.54) is 19.1 Å². The molecule has 3 aliphatic heterocycles. The van der Waals surface area contributed by atoms with E-state index < -0.39 is 78.9 Å². The van der Waals surface area contributed by atoms with Crippen molar-refractivity contribution in [2.24, 2.45) is 15.8 Å². The number of nitrogens with two attached hydrogens (primary N) is 1. The van der Waals surface area contributed by atoms with Crippen LogP contribution in [0.4, 0.5) is 4.79 Å². The molecule has 3 aliphatic rings. The molecule has 2 saturated heterocycles. The fraction of sp³-hybridized carbons (Fsp3) is 0.524. The number of amides is 2. The third kappa shape index (κ3) is 4.13. The van der Waals surface area contributed by atoms with Crippen molar-refractivity contribution in [1.29, 1.82) is 0 Å². The first kappa shape index (κ1) is 25.3. The number of carbonyl (C=O) groups is 2. The van der Waals surface area contributed by atoms with E-state index in [0.717, 1.165) is 0 Å². The van der Waals surface area contributed by atoms with Gasteiger partial charge in [0.15, 0.2) is 24.1 Å². The van der Waals surface area contributed by atoms with E-state index in [2.05, 4.69) is 10.1 Å². The maximum absolute atomic E-state index is 13.3. The number of rotatable bonds is 6. The second-order valence-electron chi connectivity index (χ2n) is 8.41. The molecule has 1 aromatic rings. The minimum absolute atomic E-state index is 0.0309. The van der Waals surface area contributed by atoms with Gasteiger partial charge >= 0.3 is 12.0 Å². The van der Waals surface area contributed by atoms with Crippen molar-refractivity contribution in [3.05, 3.63) is 35.9 Å². The molecule has 2 amide bonds. The molecule has 4 rings (SSSR count). The third-order valence-electron chi connectivity index (χ3n) is 6.24. The van der Waals surface area contributed by atoms with Crippen LogP contribution in [0.3, 0.4) is 0 Å². The molecule has 9 atom stereocenters. The van der Waals surface area contributed by atoms with Gasteiger partial charge < -0.3 is 45.5 Å². The van der Waals surface area contributed by atoms with Crippen LogP contribution in [0.2, 0.25) is 0 Å². The largest absolute Gasteiger partial charge is 0.475 e. The number of carbonyl (C=O) groups excluding carboxylic acids is 2. The first-order chi connectivity index (χ1) is 16.6. The van der Waals surface area contributed by atoms with Gasteiger partial charge in [-0.05, 0) is 19.1 Å². The van der Waals surface area contributed by atoms with Gasteiger partial charge in [0.2, 0.25) is 0 Å². The zero-order chi connectivity index (χ0) is 25.5. The Labute approximate surface area is 199 Å². The highest BCUT2D eigenvalue weighted by molar-refractivity contribution is 6.41. The van der Waals surface area contributed by atoms with Crippen molar-refractivity contribution in [2.75, 3.05) is 13.2 Å². The lowest BCUT2D eigenvalue weighted by Gasteiger charge is -2.39. The van der Waals surface area contributed by atoms with E-state index in [1.807, 2.05) is 0 Å². The van der Waals surface area contributed by atoms with Crippen LogP contribution >= 0.6 is 0 Å². The molecule has 1 unspecified atom stereocenters. The number of aliphatic imine (C=N–C) groups is 1. The van der Waals surface area contributed by atoms with E-state index in [1.54, 1.807) is 18.2 Å². The topological polar surface area (TPSA) is 214 Å². The zero-order valence-electron chi connectivity index (χ0n) is 18.6. The molecular formula is C21H27N4O10+. The summed E-state index contributed by atoms with van der Waals surface area (Å²) in [6, 6.07) is 6.78. The molecule has 7 N–H and O–H groups in total. The Morgan fingerprint density at radius 3 is 2.23 bits per heavy atom. The summed E-state index contributed by atoms with van der Waals surface area (Å²) in [6.07, 6.45) is -12.6. The molecule has 14 heteroatoms. The van der Waals surface area contributed by atoms with Crippen molar-refractivity contribution in [3.63, 3.8) is 0 Å². The highest BCUT2D eigenvalue weighted by Crippen LogP contribution is 2.41. The van der Waals surface area contributed by atoms with Gasteiger partial charge in [0.25, 0.3) is 12.5 Å². The molecular weight excluding hydrogens is 468 g/mol. The molecule has 0 radical (unpaired) electrons. The lowest BCUT2D eigenvalue weighted by atomic mass is 10.1. The second kappa shape index (κ2) is 9.67. The number of amidine groups is 1. The van der Waals surface area contributed by atoms with E-state index >= 15 is 0 Å². The summed E-state index contributed by atoms with van der Waals surface area (Å²) in [5, 5.41) is 55.8. The molecule has 0 saturated carbocycles. The predicted molar refractivity (Wildman–Crippen MR) is 116 cm³/mol. The summed E-state index contributed by atoms with van der Waals surface area (Å²) in [7, 11) is 0. The maximum Gasteiger partial charge on any atom is 0.475 e. The van der Waals surface area contributed by atoms with Crippen molar-refractivity contribution in [2.45, 2.75) is 56.0 Å². The molecule has 0 bridgehead atoms. The molecule has 14 nitrogen and oxygen atoms in total. The van der Waals surface area contributed by atoms with Crippen LogP contribution in [0.15, 0.2) is 40.4 Å². The van der Waals surface area contributed by atoms with Crippen LogP contribution in [-0.2, 0) is 14.2 Å². The van der Waals surface area contributed by atoms with Crippen LogP contribution in [0.5, 0.6) is 0 Å². The Morgan fingerprint density at radius 2 is 1.63 bits per heavy atom. The minimum Gasteiger partial charge on any atom is -0.453 e. The number of benzene rings is 1. The fourth-order valence-electron chi connectivity index (χ4n) is 4.39. The number of aliphatic hydroxyl groups is 5. The van der Waals surface area contributed by atoms with E-state index in [9.17, 15) is 35.1 Å². The normalized spacial score (nSPS) is 39.3. The maximum atomic E-state index is 13.3. The number of esters is 1. The standard InChI is InChI=1S/C21H26N4O10/c1-9-17(22)23-21(32)25(24-9,18-14(29)13(28)11(7-26)33-18)19-15(30)16(12(8-27)34-19)35-20(31)10-5-3-2-4-6-10/h2-6,11-16,18-19,26-30H,7-8H2,1H3,(H-,22,23,32)/p+1/t11-,12-,13-,14-,15+,16-,18-,19-,25?/m1/s1. The highest BCUT2D eigenvalue weighted by Gasteiger charge is 2.69. The first-order valence-electron chi connectivity index (χ1n) is 10.8. The summed E-state index contributed by atoms with van der Waals surface area (Å²) in [4.78, 5) is 29.7. The second-order valence-corrected chi connectivity index (χ2v) is 8.41. The molecule has 190 valence electrons. The van der Waals surface area contributed by atoms with Crippen LogP contribution in [-0.4, -0.2) is 116 Å². The van der Waals surface area contributed by atoms with Crippen LogP contribution in [0, 0.1) is 0 Å². The number of aliphatic hydroxyl groups excluding tert-OH is 5. The summed E-state index contributed by atoms with van der Waals surface area (Å²) >= 11 is 0. The average Bonchev–Trinajstić information content (AvgIpc) is 3.33. The van der Waals surface area contributed by atoms with E-state index in [0.29, 0.717) is 0 Å². The number of nitrogens with zero attached hydrogens (tertiary/aromatic N) is 3.